The summed E-state index contributed by atoms with van der Waals surface area (Å²) < 4.78 is 23.5. The number of carbonyl (C=O) groups is 2. The van der Waals surface area contributed by atoms with Crippen molar-refractivity contribution in [2.75, 3.05) is 32.9 Å². The van der Waals surface area contributed by atoms with E-state index in [0.29, 0.717) is 80.0 Å². The number of aromatic nitrogens is 6. The minimum absolute atomic E-state index is 0.102. The molecule has 2 N–H and O–H groups in total. The Labute approximate surface area is 306 Å². The van der Waals surface area contributed by atoms with E-state index >= 15 is 0 Å². The fraction of sp³-hybridized carbons (Fsp3) is 0.389. The lowest BCUT2D eigenvalue weighted by molar-refractivity contribution is -0.788. The van der Waals surface area contributed by atoms with Gasteiger partial charge < -0.3 is 18.9 Å². The molecular weight excluding hydrogens is 686 g/mol. The lowest BCUT2D eigenvalue weighted by Crippen LogP contribution is -2.42. The highest BCUT2D eigenvalue weighted by molar-refractivity contribution is 6.02. The third-order valence-electron chi connectivity index (χ3n) is 8.12. The smallest absolute Gasteiger partial charge is 0.465 e. The van der Waals surface area contributed by atoms with Gasteiger partial charge in [0.05, 0.1) is 61.0 Å². The molecule has 0 aliphatic carbocycles. The molecule has 1 atom stereocenters. The number of unbranched alkanes of at least 4 members (excludes halogenated alkanes) is 2. The zero-order valence-corrected chi connectivity index (χ0v) is 30.2. The lowest BCUT2D eigenvalue weighted by atomic mass is 9.98. The number of carbonyl (C=O) groups excluding carboxylic acids is 2. The van der Waals surface area contributed by atoms with Gasteiger partial charge in [-0.1, -0.05) is 54.6 Å². The van der Waals surface area contributed by atoms with E-state index in [4.69, 9.17) is 23.8 Å². The maximum Gasteiger partial charge on any atom is 0.511 e. The predicted octanol–water partition coefficient (Wildman–Crippen LogP) is 5.63. The topological polar surface area (TPSA) is 188 Å². The third-order valence-corrected chi connectivity index (χ3v) is 8.12. The number of nitroso groups, excluding NO2 is 1. The number of esters is 1. The monoisotopic (exact) mass is 730 g/mol. The minimum Gasteiger partial charge on any atom is -0.465 e. The Balaban J connectivity index is 1.17. The van der Waals surface area contributed by atoms with Gasteiger partial charge in [-0.05, 0) is 74.1 Å². The van der Waals surface area contributed by atoms with E-state index in [2.05, 4.69) is 31.2 Å². The van der Waals surface area contributed by atoms with Crippen LogP contribution in [0.5, 0.6) is 6.01 Å². The van der Waals surface area contributed by atoms with E-state index in [1.54, 1.807) is 18.2 Å². The maximum absolute atomic E-state index is 13.5. The zero-order chi connectivity index (χ0) is 37.6. The van der Waals surface area contributed by atoms with Crippen LogP contribution in [0.1, 0.15) is 62.9 Å². The molecule has 280 valence electrons. The lowest BCUT2D eigenvalue weighted by Gasteiger charge is -2.15. The number of ether oxygens (including phenoxy) is 4. The van der Waals surface area contributed by atoms with E-state index in [1.807, 2.05) is 73.9 Å². The highest BCUT2D eigenvalue weighted by atomic mass is 16.8. The van der Waals surface area contributed by atoms with Gasteiger partial charge in [-0.15, -0.1) is 15.2 Å². The molecule has 17 heteroatoms. The fourth-order valence-electron chi connectivity index (χ4n) is 5.55. The number of hydrazine groups is 2. The second kappa shape index (κ2) is 18.9. The van der Waals surface area contributed by atoms with E-state index < -0.39 is 18.4 Å². The number of nitrogens with zero attached hydrogens (tertiary/aromatic N) is 7. The fourth-order valence-corrected chi connectivity index (χ4v) is 5.55. The highest BCUT2D eigenvalue weighted by Crippen LogP contribution is 2.31. The van der Waals surface area contributed by atoms with Crippen LogP contribution in [-0.2, 0) is 25.6 Å². The summed E-state index contributed by atoms with van der Waals surface area (Å²) in [7, 11) is 0. The van der Waals surface area contributed by atoms with E-state index in [9.17, 15) is 14.5 Å². The summed E-state index contributed by atoms with van der Waals surface area (Å²) in [4.78, 5) is 47.9. The molecule has 0 amide bonds. The second-order valence-electron chi connectivity index (χ2n) is 11.7. The summed E-state index contributed by atoms with van der Waals surface area (Å²) in [6.07, 6.45) is -0.314. The zero-order valence-electron chi connectivity index (χ0n) is 30.2. The summed E-state index contributed by atoms with van der Waals surface area (Å²) in [5.74, 6) is -0.209. The number of H-pyrrole nitrogens is 1. The van der Waals surface area contributed by atoms with Crippen molar-refractivity contribution in [3.05, 3.63) is 82.8 Å². The van der Waals surface area contributed by atoms with Gasteiger partial charge in [0, 0.05) is 18.1 Å². The number of para-hydroxylation sites is 1. The van der Waals surface area contributed by atoms with Crippen molar-refractivity contribution in [3.8, 4) is 28.5 Å². The number of hydrogen-bond acceptors (Lipinski definition) is 12. The molecule has 0 aliphatic heterocycles. The molecule has 0 saturated carbocycles. The van der Waals surface area contributed by atoms with Crippen LogP contribution in [0, 0.1) is 4.91 Å². The van der Waals surface area contributed by atoms with Crippen molar-refractivity contribution >= 4 is 23.2 Å². The Morgan fingerprint density at radius 3 is 2.40 bits per heavy atom. The van der Waals surface area contributed by atoms with Crippen molar-refractivity contribution in [1.29, 1.82) is 0 Å². The third kappa shape index (κ3) is 10.0. The molecule has 0 spiro atoms. The molecule has 0 saturated heterocycles. The predicted molar refractivity (Wildman–Crippen MR) is 192 cm³/mol. The summed E-state index contributed by atoms with van der Waals surface area (Å²) >= 11 is 0. The minimum atomic E-state index is -1.23. The van der Waals surface area contributed by atoms with Crippen molar-refractivity contribution in [1.82, 2.24) is 40.8 Å². The molecule has 0 bridgehead atoms. The van der Waals surface area contributed by atoms with Crippen molar-refractivity contribution in [3.63, 3.8) is 0 Å². The number of benzene rings is 3. The molecule has 17 nitrogen and oxygen atoms in total. The number of tetrazole rings is 1. The largest absolute Gasteiger partial charge is 0.511 e. The summed E-state index contributed by atoms with van der Waals surface area (Å²) in [5, 5.41) is 16.0. The van der Waals surface area contributed by atoms with Crippen LogP contribution in [0.2, 0.25) is 0 Å². The van der Waals surface area contributed by atoms with Gasteiger partial charge in [-0.25, -0.2) is 14.4 Å². The first-order valence-corrected chi connectivity index (χ1v) is 17.5. The standard InChI is InChI=1S/C36H44N9O8/c1-5-43(6-2)45(48)42-51-23-12-8-11-22-50-36(47)53-25(4)52-34(46)30-16-13-17-31-32(30)44(35(37-31)49-7-3)24-26-18-20-27(21-19-26)28-14-9-10-15-29(28)33-38-40-41-39-33/h9-10,13-21,25H,5-8,11-12,22-24H2,1-4H3,(H,42,48)(H,38,39,40,41)/q+1. The van der Waals surface area contributed by atoms with Gasteiger partial charge in [0.2, 0.25) is 12.1 Å². The van der Waals surface area contributed by atoms with Gasteiger partial charge >= 0.3 is 12.1 Å². The Hall–Kier alpha value is -6.10. The first kappa shape index (κ1) is 38.1. The number of rotatable bonds is 20. The van der Waals surface area contributed by atoms with Gasteiger partial charge in [-0.3, -0.25) is 4.57 Å². The molecule has 3 aromatic carbocycles. The van der Waals surface area contributed by atoms with Crippen LogP contribution < -0.4 is 10.3 Å². The maximum atomic E-state index is 13.5. The van der Waals surface area contributed by atoms with Crippen LogP contribution in [0.3, 0.4) is 0 Å². The van der Waals surface area contributed by atoms with Gasteiger partial charge in [0.1, 0.15) is 0 Å². The summed E-state index contributed by atoms with van der Waals surface area (Å²) in [5.41, 5.74) is 7.30. The molecule has 2 heterocycles. The number of fused-ring (bicyclic) bond motifs is 1. The molecule has 53 heavy (non-hydrogen) atoms. The molecule has 2 aromatic heterocycles. The number of aromatic amines is 1. The number of imidazole rings is 1. The normalized spacial score (nSPS) is 11.5. The Kier molecular flexibility index (Phi) is 13.6. The number of hydrogen-bond donors (Lipinski definition) is 2. The number of nitrogens with one attached hydrogen (secondary N) is 2. The molecular formula is C36H44N9O8+. The highest BCUT2D eigenvalue weighted by Gasteiger charge is 2.23. The average Bonchev–Trinajstić information content (AvgIpc) is 3.82. The van der Waals surface area contributed by atoms with Crippen LogP contribution in [0.4, 0.5) is 4.79 Å². The Bertz CT molecular complexity index is 1950. The summed E-state index contributed by atoms with van der Waals surface area (Å²) in [6, 6.07) is 21.3. The van der Waals surface area contributed by atoms with Gasteiger partial charge in [-0.2, -0.15) is 10.2 Å². The van der Waals surface area contributed by atoms with Crippen molar-refractivity contribution in [2.24, 2.45) is 0 Å². The van der Waals surface area contributed by atoms with Crippen LogP contribution in [0.25, 0.3) is 33.5 Å². The Morgan fingerprint density at radius 1 is 0.925 bits per heavy atom. The SMILES string of the molecule is CCOc1nc2cccc(C(=O)OC(C)OC(=O)OCCCCCON[N+](=O)N(CC)CC)c2n1Cc1ccc(-c2ccccc2-c2nn[nH]n2)cc1. The first-order valence-electron chi connectivity index (χ1n) is 17.5. The van der Waals surface area contributed by atoms with Gasteiger partial charge in [0.15, 0.2) is 0 Å². The van der Waals surface area contributed by atoms with Crippen LogP contribution in [-0.4, -0.2) is 91.5 Å². The van der Waals surface area contributed by atoms with E-state index in [0.717, 1.165) is 22.3 Å². The van der Waals surface area contributed by atoms with Crippen LogP contribution in [0.15, 0.2) is 66.7 Å². The van der Waals surface area contributed by atoms with E-state index in [1.165, 1.54) is 11.9 Å². The second-order valence-corrected chi connectivity index (χ2v) is 11.7. The van der Waals surface area contributed by atoms with E-state index in [-0.39, 0.29) is 12.2 Å². The van der Waals surface area contributed by atoms with Crippen molar-refractivity contribution < 1.29 is 38.4 Å². The molecule has 5 aromatic rings. The molecule has 1 unspecified atom stereocenters. The average molecular weight is 731 g/mol. The molecule has 5 rings (SSSR count). The molecule has 0 aliphatic rings. The molecule has 0 fully saturated rings. The van der Waals surface area contributed by atoms with Crippen molar-refractivity contribution in [2.45, 2.75) is 59.8 Å². The van der Waals surface area contributed by atoms with Gasteiger partial charge in [0.25, 0.3) is 11.0 Å². The first-order chi connectivity index (χ1) is 25.8. The Morgan fingerprint density at radius 2 is 1.68 bits per heavy atom. The summed E-state index contributed by atoms with van der Waals surface area (Å²) in [6.45, 7) is 9.25. The van der Waals surface area contributed by atoms with Crippen LogP contribution >= 0.6 is 0 Å². The quantitative estimate of drug-likeness (QED) is 0.0330. The molecule has 0 radical (unpaired) electrons.